The Labute approximate surface area is 75.0 Å². The highest BCUT2D eigenvalue weighted by Crippen LogP contribution is 2.17. The second-order valence-corrected chi connectivity index (χ2v) is 3.43. The van der Waals surface area contributed by atoms with Gasteiger partial charge in [0.1, 0.15) is 0 Å². The molecule has 1 aromatic rings. The van der Waals surface area contributed by atoms with Crippen LogP contribution in [0.4, 0.5) is 5.13 Å². The van der Waals surface area contributed by atoms with Crippen molar-refractivity contribution in [2.45, 2.75) is 6.92 Å². The minimum Gasteiger partial charge on any atom is -0.368 e. The van der Waals surface area contributed by atoms with E-state index in [-0.39, 0.29) is 12.5 Å². The third-order valence-electron chi connectivity index (χ3n) is 1.33. The third kappa shape index (κ3) is 2.20. The first-order valence-corrected chi connectivity index (χ1v) is 4.39. The van der Waals surface area contributed by atoms with Crippen molar-refractivity contribution in [3.63, 3.8) is 0 Å². The van der Waals surface area contributed by atoms with Crippen LogP contribution in [-0.4, -0.2) is 24.5 Å². The topological polar surface area (TPSA) is 59.2 Å². The number of nitrogens with two attached hydrogens (primary N) is 1. The van der Waals surface area contributed by atoms with Crippen molar-refractivity contribution in [1.29, 1.82) is 0 Å². The highest BCUT2D eigenvalue weighted by molar-refractivity contribution is 7.13. The van der Waals surface area contributed by atoms with Crippen molar-refractivity contribution in [1.82, 2.24) is 4.98 Å². The number of primary amides is 1. The number of rotatable bonds is 3. The van der Waals surface area contributed by atoms with Gasteiger partial charge in [-0.25, -0.2) is 4.98 Å². The molecule has 0 aliphatic rings. The maximum Gasteiger partial charge on any atom is 0.237 e. The van der Waals surface area contributed by atoms with E-state index in [2.05, 4.69) is 4.98 Å². The molecule has 1 rings (SSSR count). The number of nitrogens with zero attached hydrogens (tertiary/aromatic N) is 2. The van der Waals surface area contributed by atoms with Crippen LogP contribution < -0.4 is 10.6 Å². The number of carbonyl (C=O) groups is 1. The lowest BCUT2D eigenvalue weighted by atomic mass is 10.5. The van der Waals surface area contributed by atoms with Crippen molar-refractivity contribution < 1.29 is 4.79 Å². The van der Waals surface area contributed by atoms with Gasteiger partial charge in [-0.15, -0.1) is 11.3 Å². The van der Waals surface area contributed by atoms with Gasteiger partial charge in [0.15, 0.2) is 5.13 Å². The summed E-state index contributed by atoms with van der Waals surface area (Å²) in [7, 11) is 1.79. The van der Waals surface area contributed by atoms with Gasteiger partial charge in [0.05, 0.1) is 12.2 Å². The summed E-state index contributed by atoms with van der Waals surface area (Å²) in [5.41, 5.74) is 6.00. The van der Waals surface area contributed by atoms with E-state index in [1.165, 1.54) is 11.3 Å². The van der Waals surface area contributed by atoms with Crippen LogP contribution in [0, 0.1) is 6.92 Å². The molecule has 0 atom stereocenters. The number of amides is 1. The summed E-state index contributed by atoms with van der Waals surface area (Å²) in [6.07, 6.45) is 0. The molecule has 1 aromatic heterocycles. The molecule has 4 nitrogen and oxygen atoms in total. The summed E-state index contributed by atoms with van der Waals surface area (Å²) in [4.78, 5) is 16.5. The Balaban J connectivity index is 2.64. The molecule has 0 unspecified atom stereocenters. The Morgan fingerprint density at radius 1 is 1.83 bits per heavy atom. The molecule has 0 radical (unpaired) electrons. The van der Waals surface area contributed by atoms with Gasteiger partial charge in [-0.05, 0) is 6.92 Å². The van der Waals surface area contributed by atoms with E-state index in [0.717, 1.165) is 10.8 Å². The molecule has 5 heteroatoms. The van der Waals surface area contributed by atoms with Gasteiger partial charge < -0.3 is 10.6 Å². The van der Waals surface area contributed by atoms with Crippen molar-refractivity contribution in [3.05, 3.63) is 11.1 Å². The zero-order valence-electron chi connectivity index (χ0n) is 7.07. The molecule has 0 spiro atoms. The van der Waals surface area contributed by atoms with Crippen LogP contribution >= 0.6 is 11.3 Å². The SMILES string of the molecule is Cc1csc(N(C)CC(N)=O)n1. The van der Waals surface area contributed by atoms with Crippen LogP contribution in [0.25, 0.3) is 0 Å². The van der Waals surface area contributed by atoms with Crippen LogP contribution in [0.5, 0.6) is 0 Å². The molecule has 1 amide bonds. The fraction of sp³-hybridized carbons (Fsp3) is 0.429. The van der Waals surface area contributed by atoms with E-state index < -0.39 is 0 Å². The van der Waals surface area contributed by atoms with Gasteiger partial charge in [0, 0.05) is 12.4 Å². The number of hydrogen-bond acceptors (Lipinski definition) is 4. The van der Waals surface area contributed by atoms with Gasteiger partial charge in [0.25, 0.3) is 0 Å². The fourth-order valence-electron chi connectivity index (χ4n) is 0.818. The lowest BCUT2D eigenvalue weighted by molar-refractivity contribution is -0.116. The highest BCUT2D eigenvalue weighted by Gasteiger charge is 2.06. The van der Waals surface area contributed by atoms with Crippen molar-refractivity contribution in [3.8, 4) is 0 Å². The van der Waals surface area contributed by atoms with Crippen molar-refractivity contribution >= 4 is 22.4 Å². The monoisotopic (exact) mass is 185 g/mol. The van der Waals surface area contributed by atoms with Crippen LogP contribution in [0.1, 0.15) is 5.69 Å². The Hall–Kier alpha value is -1.10. The molecule has 0 saturated heterocycles. The van der Waals surface area contributed by atoms with Crippen molar-refractivity contribution in [2.24, 2.45) is 5.73 Å². The Morgan fingerprint density at radius 2 is 2.50 bits per heavy atom. The lowest BCUT2D eigenvalue weighted by Gasteiger charge is -2.12. The highest BCUT2D eigenvalue weighted by atomic mass is 32.1. The zero-order chi connectivity index (χ0) is 9.14. The second-order valence-electron chi connectivity index (χ2n) is 2.59. The molecular formula is C7H11N3OS. The average molecular weight is 185 g/mol. The summed E-state index contributed by atoms with van der Waals surface area (Å²) >= 11 is 1.51. The molecule has 0 fully saturated rings. The predicted octanol–water partition coefficient (Wildman–Crippen LogP) is 0.373. The van der Waals surface area contributed by atoms with Gasteiger partial charge in [-0.3, -0.25) is 4.79 Å². The Kier molecular flexibility index (Phi) is 2.65. The molecule has 1 heterocycles. The average Bonchev–Trinajstić information content (AvgIpc) is 2.34. The molecule has 0 aliphatic heterocycles. The summed E-state index contributed by atoms with van der Waals surface area (Å²) in [5, 5.41) is 2.76. The largest absolute Gasteiger partial charge is 0.368 e. The minimum atomic E-state index is -0.342. The van der Waals surface area contributed by atoms with E-state index >= 15 is 0 Å². The molecular weight excluding hydrogens is 174 g/mol. The number of aryl methyl sites for hydroxylation is 1. The zero-order valence-corrected chi connectivity index (χ0v) is 7.89. The molecule has 66 valence electrons. The summed E-state index contributed by atoms with van der Waals surface area (Å²) < 4.78 is 0. The quantitative estimate of drug-likeness (QED) is 0.740. The number of hydrogen-bond donors (Lipinski definition) is 1. The number of carbonyl (C=O) groups excluding carboxylic acids is 1. The number of thiazole rings is 1. The number of aromatic nitrogens is 1. The molecule has 0 aliphatic carbocycles. The first kappa shape index (κ1) is 8.99. The van der Waals surface area contributed by atoms with E-state index in [0.29, 0.717) is 0 Å². The Bertz CT molecular complexity index is 284. The van der Waals surface area contributed by atoms with Crippen molar-refractivity contribution in [2.75, 3.05) is 18.5 Å². The summed E-state index contributed by atoms with van der Waals surface area (Å²) in [6.45, 7) is 2.13. The van der Waals surface area contributed by atoms with Crippen LogP contribution in [0.15, 0.2) is 5.38 Å². The smallest absolute Gasteiger partial charge is 0.237 e. The van der Waals surface area contributed by atoms with Crippen LogP contribution in [0.2, 0.25) is 0 Å². The normalized spacial score (nSPS) is 9.83. The van der Waals surface area contributed by atoms with Gasteiger partial charge >= 0.3 is 0 Å². The molecule has 0 saturated carbocycles. The second kappa shape index (κ2) is 3.53. The van der Waals surface area contributed by atoms with Gasteiger partial charge in [-0.1, -0.05) is 0 Å². The van der Waals surface area contributed by atoms with E-state index in [1.807, 2.05) is 12.3 Å². The van der Waals surface area contributed by atoms with E-state index in [4.69, 9.17) is 5.73 Å². The van der Waals surface area contributed by atoms with Gasteiger partial charge in [0.2, 0.25) is 5.91 Å². The van der Waals surface area contributed by atoms with Gasteiger partial charge in [-0.2, -0.15) is 0 Å². The van der Waals surface area contributed by atoms with E-state index in [1.54, 1.807) is 11.9 Å². The molecule has 12 heavy (non-hydrogen) atoms. The molecule has 0 aromatic carbocycles. The van der Waals surface area contributed by atoms with Crippen LogP contribution in [0.3, 0.4) is 0 Å². The summed E-state index contributed by atoms with van der Waals surface area (Å²) in [6, 6.07) is 0. The lowest BCUT2D eigenvalue weighted by Crippen LogP contribution is -2.30. The Morgan fingerprint density at radius 3 is 2.92 bits per heavy atom. The fourth-order valence-corrected chi connectivity index (χ4v) is 1.59. The maximum absolute atomic E-state index is 10.5. The van der Waals surface area contributed by atoms with E-state index in [9.17, 15) is 4.79 Å². The summed E-state index contributed by atoms with van der Waals surface area (Å²) in [5.74, 6) is -0.342. The maximum atomic E-state index is 10.5. The minimum absolute atomic E-state index is 0.215. The molecule has 2 N–H and O–H groups in total. The number of anilines is 1. The standard InChI is InChI=1S/C7H11N3OS/c1-5-4-12-7(9-5)10(2)3-6(8)11/h4H,3H2,1-2H3,(H2,8,11). The first-order chi connectivity index (χ1) is 5.59. The third-order valence-corrected chi connectivity index (χ3v) is 2.40. The molecule has 0 bridgehead atoms. The first-order valence-electron chi connectivity index (χ1n) is 3.51. The number of likely N-dealkylation sites (N-methyl/N-ethyl adjacent to an activating group) is 1. The van der Waals surface area contributed by atoms with Crippen LogP contribution in [-0.2, 0) is 4.79 Å². The predicted molar refractivity (Wildman–Crippen MR) is 49.3 cm³/mol.